The summed E-state index contributed by atoms with van der Waals surface area (Å²) in [4.78, 5) is 0. The van der Waals surface area contributed by atoms with Crippen molar-refractivity contribution in [2.24, 2.45) is 5.73 Å². The van der Waals surface area contributed by atoms with Gasteiger partial charge >= 0.3 is 0 Å². The lowest BCUT2D eigenvalue weighted by atomic mass is 9.92. The molecule has 1 aromatic rings. The molecule has 3 N–H and O–H groups in total. The Balaban J connectivity index is 3.08. The van der Waals surface area contributed by atoms with E-state index in [0.29, 0.717) is 6.42 Å². The van der Waals surface area contributed by atoms with E-state index in [1.165, 1.54) is 11.1 Å². The van der Waals surface area contributed by atoms with Crippen LogP contribution in [0.4, 0.5) is 0 Å². The van der Waals surface area contributed by atoms with Crippen LogP contribution < -0.4 is 10.5 Å². The lowest BCUT2D eigenvalue weighted by Crippen LogP contribution is -2.42. The second kappa shape index (κ2) is 4.85. The number of hydrogen-bond donors (Lipinski definition) is 2. The minimum absolute atomic E-state index is 0.0386. The van der Waals surface area contributed by atoms with Crippen molar-refractivity contribution in [3.63, 3.8) is 0 Å². The number of hydrogen-bond acceptors (Lipinski definition) is 3. The Morgan fingerprint density at radius 3 is 2.38 bits per heavy atom. The largest absolute Gasteiger partial charge is 0.496 e. The first kappa shape index (κ1) is 13.0. The number of aryl methyl sites for hydroxylation is 2. The van der Waals surface area contributed by atoms with Gasteiger partial charge in [0.1, 0.15) is 5.75 Å². The second-order valence-corrected chi connectivity index (χ2v) is 4.74. The van der Waals surface area contributed by atoms with Gasteiger partial charge in [-0.3, -0.25) is 0 Å². The van der Waals surface area contributed by atoms with Gasteiger partial charge in [0, 0.05) is 5.54 Å². The predicted octanol–water partition coefficient (Wildman–Crippen LogP) is 1.56. The number of benzene rings is 1. The fraction of sp³-hybridized carbons (Fsp3) is 0.538. The first-order chi connectivity index (χ1) is 7.39. The van der Waals surface area contributed by atoms with Crippen molar-refractivity contribution in [2.75, 3.05) is 13.7 Å². The third-order valence-electron chi connectivity index (χ3n) is 2.85. The molecule has 3 nitrogen and oxygen atoms in total. The first-order valence-electron chi connectivity index (χ1n) is 5.43. The molecule has 0 fully saturated rings. The summed E-state index contributed by atoms with van der Waals surface area (Å²) in [5.41, 5.74) is 8.81. The van der Waals surface area contributed by atoms with Crippen LogP contribution in [0.5, 0.6) is 5.75 Å². The molecule has 0 bridgehead atoms. The van der Waals surface area contributed by atoms with E-state index in [9.17, 15) is 5.11 Å². The van der Waals surface area contributed by atoms with Crippen LogP contribution in [0.15, 0.2) is 12.1 Å². The zero-order valence-electron chi connectivity index (χ0n) is 10.5. The second-order valence-electron chi connectivity index (χ2n) is 4.74. The van der Waals surface area contributed by atoms with Crippen molar-refractivity contribution in [1.29, 1.82) is 0 Å². The van der Waals surface area contributed by atoms with Gasteiger partial charge in [0.05, 0.1) is 13.7 Å². The molecule has 0 aliphatic carbocycles. The van der Waals surface area contributed by atoms with Gasteiger partial charge in [-0.15, -0.1) is 0 Å². The minimum Gasteiger partial charge on any atom is -0.496 e. The molecular formula is C13H21NO2. The van der Waals surface area contributed by atoms with Crippen LogP contribution in [-0.4, -0.2) is 24.4 Å². The van der Waals surface area contributed by atoms with Gasteiger partial charge < -0.3 is 15.6 Å². The van der Waals surface area contributed by atoms with Gasteiger partial charge in [0.2, 0.25) is 0 Å². The number of methoxy groups -OCH3 is 1. The number of ether oxygens (including phenoxy) is 1. The normalized spacial score (nSPS) is 14.6. The van der Waals surface area contributed by atoms with E-state index in [0.717, 1.165) is 11.3 Å². The topological polar surface area (TPSA) is 55.5 Å². The van der Waals surface area contributed by atoms with Gasteiger partial charge in [-0.2, -0.15) is 0 Å². The van der Waals surface area contributed by atoms with E-state index < -0.39 is 5.54 Å². The summed E-state index contributed by atoms with van der Waals surface area (Å²) in [6.07, 6.45) is 0.605. The maximum atomic E-state index is 9.18. The lowest BCUT2D eigenvalue weighted by molar-refractivity contribution is 0.207. The van der Waals surface area contributed by atoms with Crippen molar-refractivity contribution < 1.29 is 9.84 Å². The molecule has 0 heterocycles. The van der Waals surface area contributed by atoms with Crippen LogP contribution in [0.2, 0.25) is 0 Å². The number of aliphatic hydroxyl groups excluding tert-OH is 1. The quantitative estimate of drug-likeness (QED) is 0.814. The van der Waals surface area contributed by atoms with Crippen LogP contribution in [0.3, 0.4) is 0 Å². The van der Waals surface area contributed by atoms with Crippen molar-refractivity contribution in [3.8, 4) is 5.75 Å². The molecule has 0 saturated carbocycles. The fourth-order valence-corrected chi connectivity index (χ4v) is 1.67. The molecule has 0 aromatic heterocycles. The minimum atomic E-state index is -0.602. The summed E-state index contributed by atoms with van der Waals surface area (Å²) < 4.78 is 5.33. The van der Waals surface area contributed by atoms with Crippen LogP contribution in [0, 0.1) is 13.8 Å². The van der Waals surface area contributed by atoms with Gasteiger partial charge in [0.25, 0.3) is 0 Å². The Labute approximate surface area is 97.2 Å². The highest BCUT2D eigenvalue weighted by Crippen LogP contribution is 2.25. The molecule has 3 heteroatoms. The highest BCUT2D eigenvalue weighted by Gasteiger charge is 2.20. The van der Waals surface area contributed by atoms with Gasteiger partial charge in [0.15, 0.2) is 0 Å². The third kappa shape index (κ3) is 2.97. The summed E-state index contributed by atoms with van der Waals surface area (Å²) >= 11 is 0. The molecule has 90 valence electrons. The van der Waals surface area contributed by atoms with E-state index in [1.807, 2.05) is 13.0 Å². The van der Waals surface area contributed by atoms with Gasteiger partial charge in [-0.1, -0.05) is 6.07 Å². The number of rotatable bonds is 4. The number of aliphatic hydroxyl groups is 1. The predicted molar refractivity (Wildman–Crippen MR) is 65.9 cm³/mol. The zero-order valence-corrected chi connectivity index (χ0v) is 10.5. The Morgan fingerprint density at radius 1 is 1.31 bits per heavy atom. The summed E-state index contributed by atoms with van der Waals surface area (Å²) in [6.45, 7) is 5.91. The van der Waals surface area contributed by atoms with Crippen molar-refractivity contribution in [2.45, 2.75) is 32.7 Å². The average Bonchev–Trinajstić information content (AvgIpc) is 2.22. The van der Waals surface area contributed by atoms with E-state index >= 15 is 0 Å². The van der Waals surface area contributed by atoms with E-state index in [-0.39, 0.29) is 6.61 Å². The van der Waals surface area contributed by atoms with Crippen molar-refractivity contribution in [3.05, 3.63) is 28.8 Å². The molecule has 0 amide bonds. The molecule has 1 rings (SSSR count). The number of nitrogens with two attached hydrogens (primary N) is 1. The first-order valence-corrected chi connectivity index (χ1v) is 5.43. The molecule has 0 aliphatic heterocycles. The highest BCUT2D eigenvalue weighted by molar-refractivity contribution is 5.42. The van der Waals surface area contributed by atoms with Crippen LogP contribution in [0.25, 0.3) is 0 Å². The van der Waals surface area contributed by atoms with Crippen molar-refractivity contribution >= 4 is 0 Å². The monoisotopic (exact) mass is 223 g/mol. The summed E-state index contributed by atoms with van der Waals surface area (Å²) in [7, 11) is 1.65. The Hall–Kier alpha value is -1.06. The van der Waals surface area contributed by atoms with Crippen LogP contribution >= 0.6 is 0 Å². The molecule has 1 atom stereocenters. The summed E-state index contributed by atoms with van der Waals surface area (Å²) in [5.74, 6) is 0.841. The molecule has 0 spiro atoms. The maximum Gasteiger partial charge on any atom is 0.122 e. The molecule has 0 saturated heterocycles. The third-order valence-corrected chi connectivity index (χ3v) is 2.85. The molecule has 16 heavy (non-hydrogen) atoms. The SMILES string of the molecule is COc1cc(C)c(C)cc1CC(C)(N)CO. The van der Waals surface area contributed by atoms with Gasteiger partial charge in [-0.05, 0) is 49.9 Å². The molecule has 0 aliphatic rings. The maximum absolute atomic E-state index is 9.18. The van der Waals surface area contributed by atoms with E-state index in [4.69, 9.17) is 10.5 Å². The molecule has 1 aromatic carbocycles. The fourth-order valence-electron chi connectivity index (χ4n) is 1.67. The van der Waals surface area contributed by atoms with E-state index in [2.05, 4.69) is 19.9 Å². The standard InChI is InChI=1S/C13H21NO2/c1-9-5-11(7-13(3,14)8-15)12(16-4)6-10(9)2/h5-6,15H,7-8,14H2,1-4H3. The summed E-state index contributed by atoms with van der Waals surface area (Å²) in [6, 6.07) is 4.09. The zero-order chi connectivity index (χ0) is 12.3. The Morgan fingerprint density at radius 2 is 1.88 bits per heavy atom. The average molecular weight is 223 g/mol. The van der Waals surface area contributed by atoms with Crippen molar-refractivity contribution in [1.82, 2.24) is 0 Å². The lowest BCUT2D eigenvalue weighted by Gasteiger charge is -2.23. The van der Waals surface area contributed by atoms with Gasteiger partial charge in [-0.25, -0.2) is 0 Å². The van der Waals surface area contributed by atoms with Crippen LogP contribution in [0.1, 0.15) is 23.6 Å². The molecule has 1 unspecified atom stereocenters. The molecular weight excluding hydrogens is 202 g/mol. The summed E-state index contributed by atoms with van der Waals surface area (Å²) in [5, 5.41) is 9.18. The van der Waals surface area contributed by atoms with E-state index in [1.54, 1.807) is 7.11 Å². The highest BCUT2D eigenvalue weighted by atomic mass is 16.5. The Kier molecular flexibility index (Phi) is 3.94. The Bertz CT molecular complexity index is 372. The molecule has 0 radical (unpaired) electrons. The van der Waals surface area contributed by atoms with Crippen LogP contribution in [-0.2, 0) is 6.42 Å². The smallest absolute Gasteiger partial charge is 0.122 e.